The SMILES string of the molecule is C[C@H]1Oc2ccccc2O[C@H]1C(=O)OCC(=O)c1ccc[nH]1. The van der Waals surface area contributed by atoms with Crippen molar-refractivity contribution in [1.82, 2.24) is 4.98 Å². The predicted molar refractivity (Wildman–Crippen MR) is 77.0 cm³/mol. The van der Waals surface area contributed by atoms with E-state index in [9.17, 15) is 9.59 Å². The van der Waals surface area contributed by atoms with Gasteiger partial charge in [-0.05, 0) is 31.2 Å². The third-order valence-corrected chi connectivity index (χ3v) is 3.32. The summed E-state index contributed by atoms with van der Waals surface area (Å²) in [6, 6.07) is 10.4. The zero-order valence-corrected chi connectivity index (χ0v) is 11.9. The number of rotatable bonds is 4. The Kier molecular flexibility index (Phi) is 3.82. The molecular formula is C16H15NO5. The average molecular weight is 301 g/mol. The molecule has 1 N–H and O–H groups in total. The first-order valence-corrected chi connectivity index (χ1v) is 6.90. The lowest BCUT2D eigenvalue weighted by atomic mass is 10.2. The van der Waals surface area contributed by atoms with Crippen LogP contribution in [0.4, 0.5) is 0 Å². The third-order valence-electron chi connectivity index (χ3n) is 3.32. The van der Waals surface area contributed by atoms with Crippen molar-refractivity contribution in [3.8, 4) is 11.5 Å². The molecule has 0 saturated heterocycles. The Bertz CT molecular complexity index is 680. The summed E-state index contributed by atoms with van der Waals surface area (Å²) in [6.07, 6.45) is 0.237. The quantitative estimate of drug-likeness (QED) is 0.690. The van der Waals surface area contributed by atoms with Gasteiger partial charge in [-0.2, -0.15) is 0 Å². The number of Topliss-reactive ketones (excluding diaryl/α,β-unsaturated/α-hetero) is 1. The van der Waals surface area contributed by atoms with Crippen LogP contribution in [0.5, 0.6) is 11.5 Å². The van der Waals surface area contributed by atoms with Crippen molar-refractivity contribution in [2.75, 3.05) is 6.61 Å². The fourth-order valence-corrected chi connectivity index (χ4v) is 2.18. The molecule has 6 nitrogen and oxygen atoms in total. The van der Waals surface area contributed by atoms with E-state index >= 15 is 0 Å². The van der Waals surface area contributed by atoms with Gasteiger partial charge in [0.15, 0.2) is 18.1 Å². The van der Waals surface area contributed by atoms with Gasteiger partial charge in [-0.1, -0.05) is 12.1 Å². The molecule has 1 aliphatic heterocycles. The number of benzene rings is 1. The molecule has 1 aliphatic rings. The van der Waals surface area contributed by atoms with Crippen LogP contribution in [0.2, 0.25) is 0 Å². The molecule has 0 saturated carbocycles. The molecule has 3 rings (SSSR count). The van der Waals surface area contributed by atoms with Crippen LogP contribution in [0.15, 0.2) is 42.6 Å². The van der Waals surface area contributed by atoms with Crippen LogP contribution in [0.25, 0.3) is 0 Å². The first-order valence-electron chi connectivity index (χ1n) is 6.90. The largest absolute Gasteiger partial charge is 0.482 e. The van der Waals surface area contributed by atoms with Crippen LogP contribution >= 0.6 is 0 Å². The van der Waals surface area contributed by atoms with E-state index in [-0.39, 0.29) is 12.4 Å². The molecule has 1 aromatic heterocycles. The molecule has 22 heavy (non-hydrogen) atoms. The maximum absolute atomic E-state index is 12.1. The van der Waals surface area contributed by atoms with Gasteiger partial charge in [-0.3, -0.25) is 4.79 Å². The number of carbonyl (C=O) groups excluding carboxylic acids is 2. The topological polar surface area (TPSA) is 77.6 Å². The number of fused-ring (bicyclic) bond motifs is 1. The van der Waals surface area contributed by atoms with Crippen LogP contribution in [-0.2, 0) is 9.53 Å². The van der Waals surface area contributed by atoms with Crippen LogP contribution in [0, 0.1) is 0 Å². The highest BCUT2D eigenvalue weighted by molar-refractivity contribution is 5.96. The van der Waals surface area contributed by atoms with Crippen LogP contribution in [-0.4, -0.2) is 35.6 Å². The minimum atomic E-state index is -0.897. The normalized spacial score (nSPS) is 19.5. The van der Waals surface area contributed by atoms with Crippen LogP contribution in [0.1, 0.15) is 17.4 Å². The first-order chi connectivity index (χ1) is 10.6. The van der Waals surface area contributed by atoms with Gasteiger partial charge in [0, 0.05) is 6.20 Å². The van der Waals surface area contributed by atoms with Crippen molar-refractivity contribution in [2.45, 2.75) is 19.1 Å². The lowest BCUT2D eigenvalue weighted by molar-refractivity contribution is -0.156. The summed E-state index contributed by atoms with van der Waals surface area (Å²) in [7, 11) is 0. The van der Waals surface area contributed by atoms with E-state index in [2.05, 4.69) is 4.98 Å². The standard InChI is InChI=1S/C16H15NO5/c1-10-15(22-14-7-3-2-6-13(14)21-10)16(19)20-9-12(18)11-5-4-8-17-11/h2-8,10,15,17H,9H2,1H3/t10-,15-/m1/s1. The molecule has 0 amide bonds. The second-order valence-corrected chi connectivity index (χ2v) is 4.92. The molecule has 0 spiro atoms. The Morgan fingerprint density at radius 1 is 1.14 bits per heavy atom. The van der Waals surface area contributed by atoms with E-state index in [4.69, 9.17) is 14.2 Å². The highest BCUT2D eigenvalue weighted by Crippen LogP contribution is 2.33. The van der Waals surface area contributed by atoms with E-state index in [1.54, 1.807) is 43.5 Å². The molecule has 0 fully saturated rings. The molecule has 2 atom stereocenters. The molecule has 1 aromatic carbocycles. The van der Waals surface area contributed by atoms with E-state index in [1.165, 1.54) is 0 Å². The summed E-state index contributed by atoms with van der Waals surface area (Å²) in [5, 5.41) is 0. The Labute approximate surface area is 127 Å². The zero-order chi connectivity index (χ0) is 15.5. The molecule has 0 aliphatic carbocycles. The highest BCUT2D eigenvalue weighted by Gasteiger charge is 2.35. The molecule has 2 heterocycles. The first kappa shape index (κ1) is 14.2. The Morgan fingerprint density at radius 3 is 2.55 bits per heavy atom. The van der Waals surface area contributed by atoms with Crippen molar-refractivity contribution in [1.29, 1.82) is 0 Å². The van der Waals surface area contributed by atoms with Gasteiger partial charge in [0.05, 0.1) is 5.69 Å². The fraction of sp³-hybridized carbons (Fsp3) is 0.250. The van der Waals surface area contributed by atoms with Crippen LogP contribution in [0.3, 0.4) is 0 Å². The molecule has 6 heteroatoms. The number of aromatic nitrogens is 1. The summed E-state index contributed by atoms with van der Waals surface area (Å²) >= 11 is 0. The summed E-state index contributed by atoms with van der Waals surface area (Å²) in [5.74, 6) is 0.143. The van der Waals surface area contributed by atoms with Crippen molar-refractivity contribution >= 4 is 11.8 Å². The second-order valence-electron chi connectivity index (χ2n) is 4.92. The summed E-state index contributed by atoms with van der Waals surface area (Å²) in [4.78, 5) is 26.7. The molecule has 0 bridgehead atoms. The van der Waals surface area contributed by atoms with E-state index in [0.29, 0.717) is 17.2 Å². The Hall–Kier alpha value is -2.76. The highest BCUT2D eigenvalue weighted by atomic mass is 16.6. The number of aromatic amines is 1. The number of H-pyrrole nitrogens is 1. The van der Waals surface area contributed by atoms with Gasteiger partial charge >= 0.3 is 5.97 Å². The number of carbonyl (C=O) groups is 2. The summed E-state index contributed by atoms with van der Waals surface area (Å²) in [5.41, 5.74) is 0.395. The second kappa shape index (κ2) is 5.93. The van der Waals surface area contributed by atoms with E-state index in [1.807, 2.05) is 6.07 Å². The third kappa shape index (κ3) is 2.81. The lowest BCUT2D eigenvalue weighted by Crippen LogP contribution is -2.44. The van der Waals surface area contributed by atoms with Gasteiger partial charge < -0.3 is 19.2 Å². The zero-order valence-electron chi connectivity index (χ0n) is 11.9. The van der Waals surface area contributed by atoms with Gasteiger partial charge in [0.1, 0.15) is 6.10 Å². The molecule has 2 aromatic rings. The van der Waals surface area contributed by atoms with Crippen molar-refractivity contribution < 1.29 is 23.8 Å². The monoisotopic (exact) mass is 301 g/mol. The van der Waals surface area contributed by atoms with E-state index in [0.717, 1.165) is 0 Å². The maximum atomic E-state index is 12.1. The number of hydrogen-bond donors (Lipinski definition) is 1. The minimum absolute atomic E-state index is 0.303. The van der Waals surface area contributed by atoms with Gasteiger partial charge in [-0.25, -0.2) is 4.79 Å². The summed E-state index contributed by atoms with van der Waals surface area (Å²) in [6.45, 7) is 1.38. The van der Waals surface area contributed by atoms with Crippen molar-refractivity contribution in [2.24, 2.45) is 0 Å². The molecule has 114 valence electrons. The Morgan fingerprint density at radius 2 is 1.86 bits per heavy atom. The van der Waals surface area contributed by atoms with Gasteiger partial charge in [-0.15, -0.1) is 0 Å². The molecule has 0 unspecified atom stereocenters. The Balaban J connectivity index is 1.62. The average Bonchev–Trinajstić information content (AvgIpc) is 3.06. The number of ether oxygens (including phenoxy) is 3. The number of hydrogen-bond acceptors (Lipinski definition) is 5. The smallest absolute Gasteiger partial charge is 0.351 e. The number of nitrogens with one attached hydrogen (secondary N) is 1. The minimum Gasteiger partial charge on any atom is -0.482 e. The van der Waals surface area contributed by atoms with Crippen LogP contribution < -0.4 is 9.47 Å². The lowest BCUT2D eigenvalue weighted by Gasteiger charge is -2.30. The summed E-state index contributed by atoms with van der Waals surface area (Å²) < 4.78 is 16.3. The predicted octanol–water partition coefficient (Wildman–Crippen LogP) is 1.97. The fourth-order valence-electron chi connectivity index (χ4n) is 2.18. The maximum Gasteiger partial charge on any atom is 0.351 e. The van der Waals surface area contributed by atoms with Gasteiger partial charge in [0.2, 0.25) is 11.9 Å². The number of ketones is 1. The van der Waals surface area contributed by atoms with Crippen molar-refractivity contribution in [3.05, 3.63) is 48.3 Å². The number of para-hydroxylation sites is 2. The molecule has 0 radical (unpaired) electrons. The number of esters is 1. The molecular weight excluding hydrogens is 286 g/mol. The van der Waals surface area contributed by atoms with E-state index < -0.39 is 18.2 Å². The van der Waals surface area contributed by atoms with Gasteiger partial charge in [0.25, 0.3) is 0 Å². The van der Waals surface area contributed by atoms with Crippen molar-refractivity contribution in [3.63, 3.8) is 0 Å².